The fourth-order valence-electron chi connectivity index (χ4n) is 5.85. The van der Waals surface area contributed by atoms with Crippen LogP contribution in [-0.4, -0.2) is 48.7 Å². The lowest BCUT2D eigenvalue weighted by Crippen LogP contribution is -2.62. The molecule has 0 bridgehead atoms. The van der Waals surface area contributed by atoms with Gasteiger partial charge >= 0.3 is 0 Å². The summed E-state index contributed by atoms with van der Waals surface area (Å²) in [6.45, 7) is 9.23. The van der Waals surface area contributed by atoms with E-state index in [4.69, 9.17) is 23.7 Å². The van der Waals surface area contributed by atoms with E-state index < -0.39 is 18.2 Å². The van der Waals surface area contributed by atoms with Crippen LogP contribution >= 0.6 is 0 Å². The van der Waals surface area contributed by atoms with Gasteiger partial charge in [0.15, 0.2) is 12.1 Å². The van der Waals surface area contributed by atoms with Gasteiger partial charge in [0.2, 0.25) is 0 Å². The van der Waals surface area contributed by atoms with E-state index in [9.17, 15) is 5.11 Å². The minimum atomic E-state index is -1.02. The zero-order chi connectivity index (χ0) is 22.9. The zero-order valence-electron chi connectivity index (χ0n) is 20.2. The van der Waals surface area contributed by atoms with Gasteiger partial charge in [-0.1, -0.05) is 46.2 Å². The molecule has 3 aliphatic heterocycles. The standard InChI is InChI=1S/C26H40O6/c1-6-7-21-16(2)12-22-23(30-21)17(3)13-26(31-22)14-18(4)24(25(27)32-26)29-15-19-8-10-20(28-5)11-9-19/h8-11,16-18,21-25,27H,6-7,12-15H2,1-5H3/t16-,17+,18+,21?,22+,23+,24+,25?,26?/m1/s1. The zero-order valence-corrected chi connectivity index (χ0v) is 20.2. The molecule has 32 heavy (non-hydrogen) atoms. The molecule has 9 atom stereocenters. The first-order chi connectivity index (χ1) is 15.3. The van der Waals surface area contributed by atoms with E-state index in [1.165, 1.54) is 0 Å². The average molecular weight is 449 g/mol. The third kappa shape index (κ3) is 5.00. The van der Waals surface area contributed by atoms with Gasteiger partial charge < -0.3 is 28.8 Å². The third-order valence-electron chi connectivity index (χ3n) is 7.48. The largest absolute Gasteiger partial charge is 0.497 e. The van der Waals surface area contributed by atoms with E-state index in [2.05, 4.69) is 27.7 Å². The van der Waals surface area contributed by atoms with Gasteiger partial charge in [0.05, 0.1) is 32.0 Å². The summed E-state index contributed by atoms with van der Waals surface area (Å²) in [6, 6.07) is 7.78. The lowest BCUT2D eigenvalue weighted by Gasteiger charge is -2.55. The van der Waals surface area contributed by atoms with E-state index in [-0.39, 0.29) is 18.1 Å². The number of fused-ring (bicyclic) bond motifs is 1. The summed E-state index contributed by atoms with van der Waals surface area (Å²) in [6.07, 6.45) is 3.67. The van der Waals surface area contributed by atoms with Crippen molar-refractivity contribution in [3.05, 3.63) is 29.8 Å². The smallest absolute Gasteiger partial charge is 0.184 e. The third-order valence-corrected chi connectivity index (χ3v) is 7.48. The molecule has 1 N–H and O–H groups in total. The molecule has 0 aliphatic carbocycles. The molecule has 180 valence electrons. The molecule has 4 rings (SSSR count). The molecular formula is C26H40O6. The molecule has 0 saturated carbocycles. The molecule has 0 aromatic heterocycles. The lowest BCUT2D eigenvalue weighted by atomic mass is 9.77. The summed E-state index contributed by atoms with van der Waals surface area (Å²) < 4.78 is 30.6. The van der Waals surface area contributed by atoms with Crippen molar-refractivity contribution in [3.63, 3.8) is 0 Å². The number of benzene rings is 1. The van der Waals surface area contributed by atoms with Crippen LogP contribution in [0.25, 0.3) is 0 Å². The predicted octanol–water partition coefficient (Wildman–Crippen LogP) is 4.67. The Hall–Kier alpha value is -1.18. The van der Waals surface area contributed by atoms with Crippen LogP contribution < -0.4 is 4.74 Å². The van der Waals surface area contributed by atoms with Gasteiger partial charge in [-0.05, 0) is 48.3 Å². The first-order valence-electron chi connectivity index (χ1n) is 12.3. The van der Waals surface area contributed by atoms with Crippen LogP contribution in [0.15, 0.2) is 24.3 Å². The van der Waals surface area contributed by atoms with E-state index in [1.807, 2.05) is 24.3 Å². The molecule has 3 aliphatic rings. The Bertz CT molecular complexity index is 724. The predicted molar refractivity (Wildman–Crippen MR) is 121 cm³/mol. The van der Waals surface area contributed by atoms with Crippen molar-refractivity contribution >= 4 is 0 Å². The fourth-order valence-corrected chi connectivity index (χ4v) is 5.85. The number of aliphatic hydroxyl groups is 1. The van der Waals surface area contributed by atoms with Crippen LogP contribution in [0.5, 0.6) is 5.75 Å². The van der Waals surface area contributed by atoms with Crippen LogP contribution in [-0.2, 0) is 25.6 Å². The van der Waals surface area contributed by atoms with Crippen LogP contribution in [0.2, 0.25) is 0 Å². The molecule has 3 unspecified atom stereocenters. The fraction of sp³-hybridized carbons (Fsp3) is 0.769. The highest BCUT2D eigenvalue weighted by Gasteiger charge is 2.55. The molecule has 0 amide bonds. The van der Waals surface area contributed by atoms with E-state index in [0.717, 1.165) is 37.0 Å². The average Bonchev–Trinajstić information content (AvgIpc) is 2.74. The van der Waals surface area contributed by atoms with Crippen molar-refractivity contribution in [1.29, 1.82) is 0 Å². The molecule has 1 aromatic carbocycles. The Kier molecular flexibility index (Phi) is 7.47. The van der Waals surface area contributed by atoms with Crippen molar-refractivity contribution in [3.8, 4) is 5.75 Å². The van der Waals surface area contributed by atoms with E-state index in [1.54, 1.807) is 7.11 Å². The van der Waals surface area contributed by atoms with Gasteiger partial charge in [-0.25, -0.2) is 0 Å². The maximum absolute atomic E-state index is 10.9. The molecule has 6 nitrogen and oxygen atoms in total. The van der Waals surface area contributed by atoms with Crippen molar-refractivity contribution < 1.29 is 28.8 Å². The number of aliphatic hydroxyl groups excluding tert-OH is 1. The van der Waals surface area contributed by atoms with Gasteiger partial charge in [0, 0.05) is 12.8 Å². The van der Waals surface area contributed by atoms with Gasteiger partial charge in [-0.15, -0.1) is 0 Å². The molecule has 1 aromatic rings. The molecule has 3 heterocycles. The number of hydrogen-bond donors (Lipinski definition) is 1. The highest BCUT2D eigenvalue weighted by Crippen LogP contribution is 2.48. The number of hydrogen-bond acceptors (Lipinski definition) is 6. The van der Waals surface area contributed by atoms with Gasteiger partial charge in [-0.3, -0.25) is 0 Å². The SMILES string of the molecule is CCCC1O[C@@H]2[C@H](C[C@H]1C)OC1(C[C@@H]2C)C[C@H](C)[C@H](OCc2ccc(OC)cc2)C(O)O1. The summed E-state index contributed by atoms with van der Waals surface area (Å²) in [7, 11) is 1.65. The van der Waals surface area contributed by atoms with E-state index in [0.29, 0.717) is 31.0 Å². The second kappa shape index (κ2) is 9.98. The Morgan fingerprint density at radius 1 is 1.03 bits per heavy atom. The lowest BCUT2D eigenvalue weighted by molar-refractivity contribution is -0.403. The molecule has 1 spiro atoms. The topological polar surface area (TPSA) is 66.4 Å². The van der Waals surface area contributed by atoms with Crippen molar-refractivity contribution in [2.24, 2.45) is 17.8 Å². The minimum absolute atomic E-state index is 0.0121. The van der Waals surface area contributed by atoms with Gasteiger partial charge in [-0.2, -0.15) is 0 Å². The molecule has 6 heteroatoms. The Labute approximate surface area is 192 Å². The van der Waals surface area contributed by atoms with Crippen molar-refractivity contribution in [2.75, 3.05) is 7.11 Å². The van der Waals surface area contributed by atoms with E-state index >= 15 is 0 Å². The van der Waals surface area contributed by atoms with Crippen molar-refractivity contribution in [2.45, 2.75) is 103 Å². The van der Waals surface area contributed by atoms with Gasteiger partial charge in [0.1, 0.15) is 11.9 Å². The highest BCUT2D eigenvalue weighted by atomic mass is 16.8. The number of rotatable bonds is 6. The summed E-state index contributed by atoms with van der Waals surface area (Å²) in [4.78, 5) is 0. The number of ether oxygens (including phenoxy) is 5. The Balaban J connectivity index is 1.38. The normalized spacial score (nSPS) is 41.9. The van der Waals surface area contributed by atoms with Crippen LogP contribution in [0, 0.1) is 17.8 Å². The molecule has 0 radical (unpaired) electrons. The molecular weight excluding hydrogens is 408 g/mol. The minimum Gasteiger partial charge on any atom is -0.497 e. The molecule has 3 fully saturated rings. The van der Waals surface area contributed by atoms with Gasteiger partial charge in [0.25, 0.3) is 0 Å². The maximum atomic E-state index is 10.9. The Morgan fingerprint density at radius 3 is 2.41 bits per heavy atom. The Morgan fingerprint density at radius 2 is 1.75 bits per heavy atom. The number of methoxy groups -OCH3 is 1. The summed E-state index contributed by atoms with van der Waals surface area (Å²) >= 11 is 0. The second-order valence-corrected chi connectivity index (χ2v) is 10.2. The monoisotopic (exact) mass is 448 g/mol. The van der Waals surface area contributed by atoms with Crippen LogP contribution in [0.4, 0.5) is 0 Å². The summed E-state index contributed by atoms with van der Waals surface area (Å²) in [5, 5.41) is 10.9. The first-order valence-corrected chi connectivity index (χ1v) is 12.3. The maximum Gasteiger partial charge on any atom is 0.184 e. The first kappa shape index (κ1) is 24.0. The van der Waals surface area contributed by atoms with Crippen LogP contribution in [0.1, 0.15) is 65.4 Å². The summed E-state index contributed by atoms with van der Waals surface area (Å²) in [5.41, 5.74) is 1.03. The quantitative estimate of drug-likeness (QED) is 0.682. The summed E-state index contributed by atoms with van der Waals surface area (Å²) in [5.74, 6) is 0.936. The second-order valence-electron chi connectivity index (χ2n) is 10.2. The van der Waals surface area contributed by atoms with Crippen molar-refractivity contribution in [1.82, 2.24) is 0 Å². The molecule has 3 saturated heterocycles. The highest BCUT2D eigenvalue weighted by molar-refractivity contribution is 5.26. The van der Waals surface area contributed by atoms with Crippen LogP contribution in [0.3, 0.4) is 0 Å².